The fourth-order valence-corrected chi connectivity index (χ4v) is 1.68. The average Bonchev–Trinajstić information content (AvgIpc) is 1.96. The Labute approximate surface area is 78.8 Å². The van der Waals surface area contributed by atoms with Crippen molar-refractivity contribution in [3.63, 3.8) is 0 Å². The Kier molecular flexibility index (Phi) is 5.33. The molecule has 0 aliphatic rings. The van der Waals surface area contributed by atoms with Crippen molar-refractivity contribution in [2.75, 3.05) is 0 Å². The van der Waals surface area contributed by atoms with Crippen molar-refractivity contribution in [1.29, 1.82) is 0 Å². The highest BCUT2D eigenvalue weighted by Crippen LogP contribution is 2.09. The van der Waals surface area contributed by atoms with Crippen LogP contribution in [0.15, 0.2) is 0 Å². The lowest BCUT2D eigenvalue weighted by Gasteiger charge is -2.08. The summed E-state index contributed by atoms with van der Waals surface area (Å²) in [5.41, 5.74) is 3.45. The monoisotopic (exact) mass is 182 g/mol. The summed E-state index contributed by atoms with van der Waals surface area (Å²) in [5.74, 6) is 4.08. The van der Waals surface area contributed by atoms with Crippen molar-refractivity contribution in [3.8, 4) is 11.5 Å². The van der Waals surface area contributed by atoms with Crippen LogP contribution in [0, 0.1) is 17.4 Å². The van der Waals surface area contributed by atoms with E-state index < -0.39 is 8.07 Å². The zero-order valence-corrected chi connectivity index (χ0v) is 10.2. The van der Waals surface area contributed by atoms with Gasteiger partial charge in [0.2, 0.25) is 0 Å². The van der Waals surface area contributed by atoms with Crippen molar-refractivity contribution in [2.45, 2.75) is 52.8 Å². The van der Waals surface area contributed by atoms with Crippen molar-refractivity contribution < 1.29 is 0 Å². The first kappa shape index (κ1) is 11.8. The first-order chi connectivity index (χ1) is 5.49. The SMILES string of the molecule is CCC[C@H](C#C[Si](C)(C)C)CC. The number of hydrogen-bond donors (Lipinski definition) is 0. The van der Waals surface area contributed by atoms with Crippen LogP contribution in [-0.4, -0.2) is 8.07 Å². The van der Waals surface area contributed by atoms with E-state index in [9.17, 15) is 0 Å². The van der Waals surface area contributed by atoms with Gasteiger partial charge in [-0.15, -0.1) is 11.5 Å². The molecule has 0 heterocycles. The van der Waals surface area contributed by atoms with Gasteiger partial charge in [0.1, 0.15) is 8.07 Å². The van der Waals surface area contributed by atoms with Crippen LogP contribution in [0.1, 0.15) is 33.1 Å². The Morgan fingerprint density at radius 3 is 2.08 bits per heavy atom. The van der Waals surface area contributed by atoms with Crippen LogP contribution in [-0.2, 0) is 0 Å². The third-order valence-electron chi connectivity index (χ3n) is 1.78. The quantitative estimate of drug-likeness (QED) is 0.461. The van der Waals surface area contributed by atoms with Crippen molar-refractivity contribution in [2.24, 2.45) is 5.92 Å². The molecule has 0 radical (unpaired) electrons. The zero-order valence-electron chi connectivity index (χ0n) is 9.20. The lowest BCUT2D eigenvalue weighted by molar-refractivity contribution is 0.581. The number of hydrogen-bond acceptors (Lipinski definition) is 0. The third kappa shape index (κ3) is 6.48. The summed E-state index contributed by atoms with van der Waals surface area (Å²) >= 11 is 0. The molecule has 0 aromatic carbocycles. The first-order valence-corrected chi connectivity index (χ1v) is 8.52. The van der Waals surface area contributed by atoms with E-state index in [4.69, 9.17) is 0 Å². The minimum Gasteiger partial charge on any atom is -0.132 e. The largest absolute Gasteiger partial charge is 0.132 e. The van der Waals surface area contributed by atoms with Crippen molar-refractivity contribution >= 4 is 8.07 Å². The molecule has 1 heteroatoms. The van der Waals surface area contributed by atoms with E-state index in [1.54, 1.807) is 0 Å². The van der Waals surface area contributed by atoms with E-state index in [2.05, 4.69) is 45.0 Å². The van der Waals surface area contributed by atoms with Crippen molar-refractivity contribution in [3.05, 3.63) is 0 Å². The van der Waals surface area contributed by atoms with Gasteiger partial charge < -0.3 is 0 Å². The summed E-state index contributed by atoms with van der Waals surface area (Å²) in [4.78, 5) is 0. The second-order valence-corrected chi connectivity index (χ2v) is 9.16. The van der Waals surface area contributed by atoms with E-state index in [0.717, 1.165) is 0 Å². The molecule has 0 fully saturated rings. The molecule has 0 N–H and O–H groups in total. The molecule has 0 bridgehead atoms. The molecule has 0 rings (SSSR count). The fraction of sp³-hybridized carbons (Fsp3) is 0.818. The van der Waals surface area contributed by atoms with E-state index in [-0.39, 0.29) is 0 Å². The summed E-state index contributed by atoms with van der Waals surface area (Å²) in [5, 5.41) is 0. The average molecular weight is 182 g/mol. The van der Waals surface area contributed by atoms with Gasteiger partial charge in [0.25, 0.3) is 0 Å². The standard InChI is InChI=1S/C11H22Si/c1-6-8-11(7-2)9-10-12(3,4)5/h11H,6-8H2,1-5H3/t11-/m1/s1. The van der Waals surface area contributed by atoms with Crippen LogP contribution in [0.25, 0.3) is 0 Å². The van der Waals surface area contributed by atoms with Gasteiger partial charge in [-0.1, -0.05) is 39.9 Å². The maximum Gasteiger partial charge on any atom is 0.129 e. The van der Waals surface area contributed by atoms with Crippen LogP contribution < -0.4 is 0 Å². The Hall–Kier alpha value is -0.223. The molecule has 1 atom stereocenters. The molecule has 0 aromatic heterocycles. The van der Waals surface area contributed by atoms with E-state index >= 15 is 0 Å². The van der Waals surface area contributed by atoms with Gasteiger partial charge in [0.15, 0.2) is 0 Å². The second-order valence-electron chi connectivity index (χ2n) is 4.41. The summed E-state index contributed by atoms with van der Waals surface area (Å²) in [6.07, 6.45) is 3.75. The Morgan fingerprint density at radius 1 is 1.17 bits per heavy atom. The highest BCUT2D eigenvalue weighted by molar-refractivity contribution is 6.83. The van der Waals surface area contributed by atoms with Crippen molar-refractivity contribution in [1.82, 2.24) is 0 Å². The van der Waals surface area contributed by atoms with Gasteiger partial charge in [-0.25, -0.2) is 0 Å². The normalized spacial score (nSPS) is 13.4. The molecule has 0 aliphatic heterocycles. The first-order valence-electron chi connectivity index (χ1n) is 5.02. The maximum absolute atomic E-state index is 3.45. The summed E-state index contributed by atoms with van der Waals surface area (Å²) in [6, 6.07) is 0. The molecule has 0 nitrogen and oxygen atoms in total. The Balaban J connectivity index is 4.05. The molecule has 0 aliphatic carbocycles. The van der Waals surface area contributed by atoms with Crippen LogP contribution in [0.3, 0.4) is 0 Å². The lowest BCUT2D eigenvalue weighted by Crippen LogP contribution is -2.17. The van der Waals surface area contributed by atoms with Crippen LogP contribution in [0.5, 0.6) is 0 Å². The molecule has 0 saturated heterocycles. The molecule has 0 saturated carbocycles. The highest BCUT2D eigenvalue weighted by Gasteiger charge is 2.08. The molecular weight excluding hydrogens is 160 g/mol. The predicted octanol–water partition coefficient (Wildman–Crippen LogP) is 3.69. The molecule has 12 heavy (non-hydrogen) atoms. The number of rotatable bonds is 3. The predicted molar refractivity (Wildman–Crippen MR) is 59.8 cm³/mol. The fourth-order valence-electron chi connectivity index (χ4n) is 1.05. The summed E-state index contributed by atoms with van der Waals surface area (Å²) < 4.78 is 0. The molecule has 0 aromatic rings. The minimum atomic E-state index is -1.13. The van der Waals surface area contributed by atoms with E-state index in [1.165, 1.54) is 19.3 Å². The second kappa shape index (κ2) is 5.43. The van der Waals surface area contributed by atoms with Gasteiger partial charge in [-0.3, -0.25) is 0 Å². The molecule has 0 unspecified atom stereocenters. The smallest absolute Gasteiger partial charge is 0.129 e. The van der Waals surface area contributed by atoms with E-state index in [0.29, 0.717) is 5.92 Å². The van der Waals surface area contributed by atoms with Crippen LogP contribution >= 0.6 is 0 Å². The molecule has 0 spiro atoms. The molecular formula is C11H22Si. The van der Waals surface area contributed by atoms with Gasteiger partial charge >= 0.3 is 0 Å². The Bertz CT molecular complexity index is 166. The minimum absolute atomic E-state index is 0.654. The van der Waals surface area contributed by atoms with Gasteiger partial charge in [0.05, 0.1) is 0 Å². The van der Waals surface area contributed by atoms with Gasteiger partial charge in [0, 0.05) is 5.92 Å². The zero-order chi connectivity index (χ0) is 9.61. The Morgan fingerprint density at radius 2 is 1.75 bits per heavy atom. The summed E-state index contributed by atoms with van der Waals surface area (Å²) in [7, 11) is -1.13. The van der Waals surface area contributed by atoms with Gasteiger partial charge in [-0.2, -0.15) is 0 Å². The lowest BCUT2D eigenvalue weighted by atomic mass is 10.0. The molecule has 70 valence electrons. The molecule has 0 amide bonds. The van der Waals surface area contributed by atoms with Crippen LogP contribution in [0.4, 0.5) is 0 Å². The van der Waals surface area contributed by atoms with Gasteiger partial charge in [-0.05, 0) is 12.8 Å². The maximum atomic E-state index is 3.45. The third-order valence-corrected chi connectivity index (χ3v) is 2.68. The van der Waals surface area contributed by atoms with E-state index in [1.807, 2.05) is 0 Å². The van der Waals surface area contributed by atoms with Crippen LogP contribution in [0.2, 0.25) is 19.6 Å². The summed E-state index contributed by atoms with van der Waals surface area (Å²) in [6.45, 7) is 11.4. The topological polar surface area (TPSA) is 0 Å². The highest BCUT2D eigenvalue weighted by atomic mass is 28.3.